The Bertz CT molecular complexity index is 635. The highest BCUT2D eigenvalue weighted by molar-refractivity contribution is 6.32. The van der Waals surface area contributed by atoms with E-state index in [-0.39, 0.29) is 10.7 Å². The van der Waals surface area contributed by atoms with Crippen LogP contribution in [0.5, 0.6) is 11.5 Å². The highest BCUT2D eigenvalue weighted by atomic mass is 35.5. The first-order valence-electron chi connectivity index (χ1n) is 5.67. The molecule has 104 valence electrons. The largest absolute Gasteiger partial charge is 0.497 e. The van der Waals surface area contributed by atoms with Crippen LogP contribution >= 0.6 is 11.6 Å². The highest BCUT2D eigenvalue weighted by Gasteiger charge is 2.13. The standard InChI is InChI=1S/C14H12ClNO4/c1-19-10-3-8(4-11(6-10)20-2)9-5-12(14(17)18)13(15)16-7-9/h3-7H,1-2H3,(H,17,18). The van der Waals surface area contributed by atoms with Crippen LogP contribution in [-0.4, -0.2) is 30.3 Å². The first-order chi connectivity index (χ1) is 9.55. The summed E-state index contributed by atoms with van der Waals surface area (Å²) in [5.74, 6) is 0.0801. The number of carbonyl (C=O) groups is 1. The lowest BCUT2D eigenvalue weighted by Crippen LogP contribution is -1.99. The third-order valence-electron chi connectivity index (χ3n) is 2.75. The van der Waals surface area contributed by atoms with Gasteiger partial charge in [-0.05, 0) is 23.8 Å². The van der Waals surface area contributed by atoms with Crippen molar-refractivity contribution in [1.29, 1.82) is 0 Å². The molecule has 0 amide bonds. The van der Waals surface area contributed by atoms with Crippen LogP contribution in [0.2, 0.25) is 5.15 Å². The van der Waals surface area contributed by atoms with E-state index in [0.717, 1.165) is 5.56 Å². The van der Waals surface area contributed by atoms with Gasteiger partial charge in [-0.25, -0.2) is 9.78 Å². The number of hydrogen-bond acceptors (Lipinski definition) is 4. The Hall–Kier alpha value is -2.27. The van der Waals surface area contributed by atoms with Gasteiger partial charge in [0.1, 0.15) is 16.7 Å². The quantitative estimate of drug-likeness (QED) is 0.877. The Balaban J connectivity index is 2.56. The number of ether oxygens (including phenoxy) is 2. The molecule has 1 aromatic heterocycles. The fourth-order valence-corrected chi connectivity index (χ4v) is 1.91. The molecule has 0 spiro atoms. The fraction of sp³-hybridized carbons (Fsp3) is 0.143. The Morgan fingerprint density at radius 2 is 1.70 bits per heavy atom. The van der Waals surface area contributed by atoms with Crippen LogP contribution < -0.4 is 9.47 Å². The molecular formula is C14H12ClNO4. The number of aromatic carboxylic acids is 1. The van der Waals surface area contributed by atoms with E-state index in [4.69, 9.17) is 26.2 Å². The molecule has 0 radical (unpaired) electrons. The number of hydrogen-bond donors (Lipinski definition) is 1. The molecule has 0 saturated carbocycles. The van der Waals surface area contributed by atoms with E-state index < -0.39 is 5.97 Å². The molecule has 0 fully saturated rings. The first kappa shape index (κ1) is 14.1. The molecule has 0 bridgehead atoms. The van der Waals surface area contributed by atoms with E-state index in [1.807, 2.05) is 0 Å². The molecule has 5 nitrogen and oxygen atoms in total. The van der Waals surface area contributed by atoms with Crippen LogP contribution in [0.15, 0.2) is 30.5 Å². The lowest BCUT2D eigenvalue weighted by Gasteiger charge is -2.09. The van der Waals surface area contributed by atoms with Gasteiger partial charge >= 0.3 is 5.97 Å². The predicted molar refractivity (Wildman–Crippen MR) is 74.7 cm³/mol. The average molecular weight is 294 g/mol. The summed E-state index contributed by atoms with van der Waals surface area (Å²) in [7, 11) is 3.09. The van der Waals surface area contributed by atoms with Gasteiger partial charge in [0, 0.05) is 17.8 Å². The van der Waals surface area contributed by atoms with E-state index in [1.54, 1.807) is 32.4 Å². The number of halogens is 1. The van der Waals surface area contributed by atoms with Gasteiger partial charge in [0.2, 0.25) is 0 Å². The summed E-state index contributed by atoms with van der Waals surface area (Å²) in [5, 5.41) is 9.02. The highest BCUT2D eigenvalue weighted by Crippen LogP contribution is 2.30. The molecule has 20 heavy (non-hydrogen) atoms. The van der Waals surface area contributed by atoms with Crippen LogP contribution in [0.1, 0.15) is 10.4 Å². The van der Waals surface area contributed by atoms with Crippen molar-refractivity contribution in [1.82, 2.24) is 4.98 Å². The zero-order valence-electron chi connectivity index (χ0n) is 10.9. The van der Waals surface area contributed by atoms with Gasteiger partial charge in [-0.2, -0.15) is 0 Å². The van der Waals surface area contributed by atoms with Crippen LogP contribution in [0.3, 0.4) is 0 Å². The van der Waals surface area contributed by atoms with Gasteiger partial charge < -0.3 is 14.6 Å². The normalized spacial score (nSPS) is 10.2. The number of rotatable bonds is 4. The van der Waals surface area contributed by atoms with E-state index in [2.05, 4.69) is 4.98 Å². The van der Waals surface area contributed by atoms with Gasteiger partial charge in [0.15, 0.2) is 0 Å². The van der Waals surface area contributed by atoms with Crippen LogP contribution in [0.25, 0.3) is 11.1 Å². The van der Waals surface area contributed by atoms with Crippen molar-refractivity contribution in [2.75, 3.05) is 14.2 Å². The second kappa shape index (κ2) is 5.79. The minimum absolute atomic E-state index is 0.0453. The summed E-state index contributed by atoms with van der Waals surface area (Å²) in [4.78, 5) is 15.0. The van der Waals surface area contributed by atoms with E-state index in [0.29, 0.717) is 17.1 Å². The number of carboxylic acids is 1. The molecule has 1 aromatic carbocycles. The van der Waals surface area contributed by atoms with E-state index in [9.17, 15) is 4.79 Å². The maximum atomic E-state index is 11.1. The Labute approximate surface area is 120 Å². The molecule has 1 heterocycles. The maximum Gasteiger partial charge on any atom is 0.338 e. The Kier molecular flexibility index (Phi) is 4.10. The van der Waals surface area contributed by atoms with Crippen molar-refractivity contribution >= 4 is 17.6 Å². The van der Waals surface area contributed by atoms with Crippen molar-refractivity contribution in [3.05, 3.63) is 41.2 Å². The number of carboxylic acid groups (broad SMARTS) is 1. The van der Waals surface area contributed by atoms with Gasteiger partial charge in [-0.15, -0.1) is 0 Å². The molecule has 0 aliphatic carbocycles. The molecule has 0 aliphatic rings. The molecular weight excluding hydrogens is 282 g/mol. The molecule has 0 unspecified atom stereocenters. The van der Waals surface area contributed by atoms with Crippen molar-refractivity contribution < 1.29 is 19.4 Å². The SMILES string of the molecule is COc1cc(OC)cc(-c2cnc(Cl)c(C(=O)O)c2)c1. The van der Waals surface area contributed by atoms with Gasteiger partial charge in [0.05, 0.1) is 19.8 Å². The Morgan fingerprint density at radius 1 is 1.10 bits per heavy atom. The van der Waals surface area contributed by atoms with Crippen LogP contribution in [0.4, 0.5) is 0 Å². The first-order valence-corrected chi connectivity index (χ1v) is 6.05. The minimum Gasteiger partial charge on any atom is -0.497 e. The van der Waals surface area contributed by atoms with E-state index >= 15 is 0 Å². The molecule has 0 atom stereocenters. The fourth-order valence-electron chi connectivity index (χ4n) is 1.73. The summed E-state index contributed by atoms with van der Waals surface area (Å²) in [6.45, 7) is 0. The smallest absolute Gasteiger partial charge is 0.338 e. The summed E-state index contributed by atoms with van der Waals surface area (Å²) < 4.78 is 10.4. The third-order valence-corrected chi connectivity index (χ3v) is 3.06. The zero-order valence-corrected chi connectivity index (χ0v) is 11.6. The minimum atomic E-state index is -1.13. The Morgan fingerprint density at radius 3 is 2.20 bits per heavy atom. The zero-order chi connectivity index (χ0) is 14.7. The van der Waals surface area contributed by atoms with Crippen molar-refractivity contribution in [3.8, 4) is 22.6 Å². The van der Waals surface area contributed by atoms with Crippen molar-refractivity contribution in [2.45, 2.75) is 0 Å². The maximum absolute atomic E-state index is 11.1. The van der Waals surface area contributed by atoms with E-state index in [1.165, 1.54) is 12.3 Å². The number of aromatic nitrogens is 1. The lowest BCUT2D eigenvalue weighted by molar-refractivity contribution is 0.0696. The van der Waals surface area contributed by atoms with Gasteiger partial charge in [-0.3, -0.25) is 0 Å². The molecule has 1 N–H and O–H groups in total. The molecule has 2 aromatic rings. The molecule has 2 rings (SSSR count). The average Bonchev–Trinajstić information content (AvgIpc) is 2.46. The monoisotopic (exact) mass is 293 g/mol. The number of nitrogens with zero attached hydrogens (tertiary/aromatic N) is 1. The van der Waals surface area contributed by atoms with Crippen LogP contribution in [0, 0.1) is 0 Å². The summed E-state index contributed by atoms with van der Waals surface area (Å²) in [6.07, 6.45) is 1.50. The van der Waals surface area contributed by atoms with Crippen molar-refractivity contribution in [2.24, 2.45) is 0 Å². The predicted octanol–water partition coefficient (Wildman–Crippen LogP) is 3.12. The molecule has 6 heteroatoms. The third kappa shape index (κ3) is 2.83. The number of pyridine rings is 1. The lowest BCUT2D eigenvalue weighted by atomic mass is 10.1. The second-order valence-corrected chi connectivity index (χ2v) is 4.33. The topological polar surface area (TPSA) is 68.7 Å². The summed E-state index contributed by atoms with van der Waals surface area (Å²) in [6, 6.07) is 6.72. The number of methoxy groups -OCH3 is 2. The van der Waals surface area contributed by atoms with Gasteiger partial charge in [0.25, 0.3) is 0 Å². The summed E-state index contributed by atoms with van der Waals surface area (Å²) in [5.41, 5.74) is 1.29. The molecule has 0 aliphatic heterocycles. The second-order valence-electron chi connectivity index (χ2n) is 3.97. The summed E-state index contributed by atoms with van der Waals surface area (Å²) >= 11 is 5.75. The molecule has 0 saturated heterocycles. The number of benzene rings is 1. The van der Waals surface area contributed by atoms with Crippen LogP contribution in [-0.2, 0) is 0 Å². The van der Waals surface area contributed by atoms with Gasteiger partial charge in [-0.1, -0.05) is 11.6 Å². The van der Waals surface area contributed by atoms with Crippen molar-refractivity contribution in [3.63, 3.8) is 0 Å².